The molecule has 34 heavy (non-hydrogen) atoms. The molecule has 3 aromatic rings. The second-order valence-electron chi connectivity index (χ2n) is 7.63. The molecule has 0 saturated carbocycles. The molecule has 11 heteroatoms. The van der Waals surface area contributed by atoms with Crippen molar-refractivity contribution in [2.24, 2.45) is 0 Å². The van der Waals surface area contributed by atoms with Gasteiger partial charge in [-0.2, -0.15) is 4.31 Å². The summed E-state index contributed by atoms with van der Waals surface area (Å²) in [5, 5.41) is 14.3. The third kappa shape index (κ3) is 6.12. The summed E-state index contributed by atoms with van der Waals surface area (Å²) in [6.07, 6.45) is 0. The molecule has 0 bridgehead atoms. The molecule has 0 fully saturated rings. The number of carbonyl (C=O) groups excluding carboxylic acids is 1. The summed E-state index contributed by atoms with van der Waals surface area (Å²) in [6, 6.07) is 14.9. The minimum absolute atomic E-state index is 0.0162. The van der Waals surface area contributed by atoms with E-state index in [-0.39, 0.29) is 27.8 Å². The molecule has 0 saturated heterocycles. The molecule has 8 nitrogen and oxygen atoms in total. The number of sulfonamides is 1. The maximum atomic E-state index is 13.4. The number of nitrogens with zero attached hydrogens (tertiary/aromatic N) is 2. The largest absolute Gasteiger partial charge is 0.324 e. The molecular formula is C23H21Cl2N3O5S. The van der Waals surface area contributed by atoms with Crippen molar-refractivity contribution in [1.29, 1.82) is 0 Å². The Morgan fingerprint density at radius 1 is 1.03 bits per heavy atom. The highest BCUT2D eigenvalue weighted by Gasteiger charge is 2.28. The molecule has 1 N–H and O–H groups in total. The van der Waals surface area contributed by atoms with Gasteiger partial charge in [0.1, 0.15) is 0 Å². The minimum atomic E-state index is -4.09. The lowest BCUT2D eigenvalue weighted by molar-refractivity contribution is -0.384. The van der Waals surface area contributed by atoms with Gasteiger partial charge < -0.3 is 5.32 Å². The van der Waals surface area contributed by atoms with E-state index in [4.69, 9.17) is 23.2 Å². The number of non-ortho nitro benzene ring substituents is 1. The van der Waals surface area contributed by atoms with Crippen LogP contribution >= 0.6 is 23.2 Å². The van der Waals surface area contributed by atoms with Crippen molar-refractivity contribution < 1.29 is 18.1 Å². The van der Waals surface area contributed by atoms with Crippen molar-refractivity contribution in [3.05, 3.63) is 97.5 Å². The topological polar surface area (TPSA) is 110 Å². The van der Waals surface area contributed by atoms with Crippen LogP contribution in [0.1, 0.15) is 16.7 Å². The first-order valence-corrected chi connectivity index (χ1v) is 12.2. The van der Waals surface area contributed by atoms with Crippen molar-refractivity contribution in [3.63, 3.8) is 0 Å². The molecule has 0 aliphatic carbocycles. The number of halogens is 2. The molecule has 0 radical (unpaired) electrons. The standard InChI is InChI=1S/C23H21Cl2N3O5S/c1-15-3-9-20(10-4-15)34(32,33)27(13-17-6-7-18(24)11-21(17)25)14-23(29)26-22-12-19(28(30)31)8-5-16(22)2/h3-12H,13-14H2,1-2H3,(H,26,29). The molecule has 3 aromatic carbocycles. The fourth-order valence-corrected chi connectivity index (χ4v) is 4.98. The van der Waals surface area contributed by atoms with E-state index in [1.54, 1.807) is 31.2 Å². The van der Waals surface area contributed by atoms with Crippen LogP contribution in [0.3, 0.4) is 0 Å². The van der Waals surface area contributed by atoms with Gasteiger partial charge in [0.05, 0.1) is 22.1 Å². The Morgan fingerprint density at radius 2 is 1.71 bits per heavy atom. The van der Waals surface area contributed by atoms with Gasteiger partial charge in [0, 0.05) is 28.7 Å². The number of benzene rings is 3. The molecule has 0 unspecified atom stereocenters. The molecule has 1 amide bonds. The van der Waals surface area contributed by atoms with Gasteiger partial charge in [-0.1, -0.05) is 53.0 Å². The van der Waals surface area contributed by atoms with Gasteiger partial charge in [-0.25, -0.2) is 8.42 Å². The van der Waals surface area contributed by atoms with E-state index in [2.05, 4.69) is 5.32 Å². The molecule has 0 aliphatic heterocycles. The zero-order valence-corrected chi connectivity index (χ0v) is 20.6. The van der Waals surface area contributed by atoms with Gasteiger partial charge >= 0.3 is 0 Å². The van der Waals surface area contributed by atoms with Crippen LogP contribution in [0.2, 0.25) is 10.0 Å². The average Bonchev–Trinajstić information content (AvgIpc) is 2.76. The van der Waals surface area contributed by atoms with Gasteiger partial charge in [-0.3, -0.25) is 14.9 Å². The molecule has 0 heterocycles. The number of aryl methyl sites for hydroxylation is 2. The predicted molar refractivity (Wildman–Crippen MR) is 132 cm³/mol. The number of carbonyl (C=O) groups is 1. The summed E-state index contributed by atoms with van der Waals surface area (Å²) in [6.45, 7) is 2.77. The molecule has 0 aliphatic rings. The Morgan fingerprint density at radius 3 is 2.32 bits per heavy atom. The van der Waals surface area contributed by atoms with Crippen molar-refractivity contribution in [3.8, 4) is 0 Å². The van der Waals surface area contributed by atoms with Gasteiger partial charge in [-0.15, -0.1) is 0 Å². The number of rotatable bonds is 8. The van der Waals surface area contributed by atoms with E-state index in [1.165, 1.54) is 36.4 Å². The summed E-state index contributed by atoms with van der Waals surface area (Å²) in [5.74, 6) is -0.663. The molecule has 0 atom stereocenters. The highest BCUT2D eigenvalue weighted by molar-refractivity contribution is 7.89. The molecule has 0 spiro atoms. The first-order chi connectivity index (χ1) is 16.0. The first-order valence-electron chi connectivity index (χ1n) is 10.0. The summed E-state index contributed by atoms with van der Waals surface area (Å²) >= 11 is 12.2. The summed E-state index contributed by atoms with van der Waals surface area (Å²) in [4.78, 5) is 23.4. The third-order valence-corrected chi connectivity index (χ3v) is 7.44. The number of hydrogen-bond donors (Lipinski definition) is 1. The van der Waals surface area contributed by atoms with Gasteiger partial charge in [0.25, 0.3) is 5.69 Å². The Kier molecular flexibility index (Phi) is 7.93. The van der Waals surface area contributed by atoms with Gasteiger partial charge in [-0.05, 0) is 49.2 Å². The first kappa shape index (κ1) is 25.6. The SMILES string of the molecule is Cc1ccc(S(=O)(=O)N(CC(=O)Nc2cc([N+](=O)[O-])ccc2C)Cc2ccc(Cl)cc2Cl)cc1. The normalized spacial score (nSPS) is 11.4. The summed E-state index contributed by atoms with van der Waals surface area (Å²) < 4.78 is 27.8. The Balaban J connectivity index is 1.93. The predicted octanol–water partition coefficient (Wildman–Crippen LogP) is 5.35. The maximum absolute atomic E-state index is 13.4. The number of hydrogen-bond acceptors (Lipinski definition) is 5. The highest BCUT2D eigenvalue weighted by Crippen LogP contribution is 2.26. The van der Waals surface area contributed by atoms with Crippen LogP contribution < -0.4 is 5.32 Å². The maximum Gasteiger partial charge on any atom is 0.271 e. The number of anilines is 1. The highest BCUT2D eigenvalue weighted by atomic mass is 35.5. The second-order valence-corrected chi connectivity index (χ2v) is 10.4. The lowest BCUT2D eigenvalue weighted by atomic mass is 10.2. The molecule has 0 aromatic heterocycles. The van der Waals surface area contributed by atoms with Crippen molar-refractivity contribution in [2.75, 3.05) is 11.9 Å². The van der Waals surface area contributed by atoms with Crippen molar-refractivity contribution >= 4 is 50.5 Å². The number of nitrogens with one attached hydrogen (secondary N) is 1. The molecule has 3 rings (SSSR count). The Bertz CT molecular complexity index is 1350. The number of nitro groups is 1. The summed E-state index contributed by atoms with van der Waals surface area (Å²) in [5.41, 5.74) is 1.95. The van der Waals surface area contributed by atoms with Crippen molar-refractivity contribution in [2.45, 2.75) is 25.3 Å². The van der Waals surface area contributed by atoms with Crippen LogP contribution in [0, 0.1) is 24.0 Å². The Labute approximate surface area is 207 Å². The Hall–Kier alpha value is -2.98. The van der Waals surface area contributed by atoms with E-state index in [1.807, 2.05) is 6.92 Å². The quantitative estimate of drug-likeness (QED) is 0.317. The minimum Gasteiger partial charge on any atom is -0.324 e. The lowest BCUT2D eigenvalue weighted by Crippen LogP contribution is -2.37. The lowest BCUT2D eigenvalue weighted by Gasteiger charge is -2.23. The van der Waals surface area contributed by atoms with Crippen LogP contribution in [0.25, 0.3) is 0 Å². The van der Waals surface area contributed by atoms with Crippen LogP contribution in [-0.4, -0.2) is 30.1 Å². The molecular weight excluding hydrogens is 501 g/mol. The fourth-order valence-electron chi connectivity index (χ4n) is 3.13. The second kappa shape index (κ2) is 10.5. The number of amides is 1. The third-order valence-electron chi connectivity index (χ3n) is 5.05. The van der Waals surface area contributed by atoms with Gasteiger partial charge in [0.15, 0.2) is 0 Å². The summed E-state index contributed by atoms with van der Waals surface area (Å²) in [7, 11) is -4.09. The average molecular weight is 522 g/mol. The van der Waals surface area contributed by atoms with Crippen LogP contribution in [0.15, 0.2) is 65.6 Å². The van der Waals surface area contributed by atoms with Crippen LogP contribution in [0.5, 0.6) is 0 Å². The number of nitro benzene ring substituents is 1. The van der Waals surface area contributed by atoms with Crippen LogP contribution in [0.4, 0.5) is 11.4 Å². The smallest absolute Gasteiger partial charge is 0.271 e. The van der Waals surface area contributed by atoms with Crippen LogP contribution in [-0.2, 0) is 21.4 Å². The van der Waals surface area contributed by atoms with E-state index in [0.717, 1.165) is 9.87 Å². The van der Waals surface area contributed by atoms with E-state index in [0.29, 0.717) is 16.1 Å². The van der Waals surface area contributed by atoms with Gasteiger partial charge in [0.2, 0.25) is 15.9 Å². The van der Waals surface area contributed by atoms with E-state index >= 15 is 0 Å². The fraction of sp³-hybridized carbons (Fsp3) is 0.174. The van der Waals surface area contributed by atoms with E-state index in [9.17, 15) is 23.3 Å². The zero-order valence-electron chi connectivity index (χ0n) is 18.3. The molecule has 178 valence electrons. The zero-order chi connectivity index (χ0) is 25.0. The van der Waals surface area contributed by atoms with E-state index < -0.39 is 27.4 Å². The monoisotopic (exact) mass is 521 g/mol. The van der Waals surface area contributed by atoms with Crippen molar-refractivity contribution in [1.82, 2.24) is 4.31 Å².